The number of alkyl halides is 10. The van der Waals surface area contributed by atoms with Crippen LogP contribution in [-0.2, 0) is 0 Å². The Balaban J connectivity index is -0.000000117. The zero-order chi connectivity index (χ0) is 85.0. The van der Waals surface area contributed by atoms with Gasteiger partial charge in [-0.3, -0.25) is 0 Å². The van der Waals surface area contributed by atoms with E-state index in [1.54, 1.807) is 69.2 Å². The summed E-state index contributed by atoms with van der Waals surface area (Å²) in [6.45, 7) is 87.9. The van der Waals surface area contributed by atoms with Crippen LogP contribution in [0.15, 0.2) is 0 Å². The molecule has 0 heterocycles. The van der Waals surface area contributed by atoms with Crippen LogP contribution in [0.3, 0.4) is 0 Å². The second-order valence-corrected chi connectivity index (χ2v) is 36.1. The van der Waals surface area contributed by atoms with Crippen LogP contribution in [0.5, 0.6) is 0 Å². The van der Waals surface area contributed by atoms with Crippen molar-refractivity contribution < 1.29 is 43.9 Å². The quantitative estimate of drug-likeness (QED) is 0.0541. The van der Waals surface area contributed by atoms with Gasteiger partial charge in [0, 0.05) is 10.8 Å². The molecule has 103 heavy (non-hydrogen) atoms. The summed E-state index contributed by atoms with van der Waals surface area (Å²) in [5.41, 5.74) is -9.90. The van der Waals surface area contributed by atoms with E-state index in [1.807, 2.05) is 118 Å². The molecule has 0 rings (SSSR count). The predicted octanol–water partition coefficient (Wildman–Crippen LogP) is 36.3. The van der Waals surface area contributed by atoms with Gasteiger partial charge in [-0.05, 0) is 231 Å². The lowest BCUT2D eigenvalue weighted by Gasteiger charge is -2.39. The molecule has 0 aliphatic carbocycles. The highest BCUT2D eigenvalue weighted by Crippen LogP contribution is 2.45. The van der Waals surface area contributed by atoms with Gasteiger partial charge in [0.05, 0.1) is 0 Å². The molecule has 0 nitrogen and oxygen atoms in total. The Morgan fingerprint density at radius 1 is 0.214 bits per heavy atom. The van der Waals surface area contributed by atoms with E-state index in [9.17, 15) is 43.9 Å². The monoisotopic (exact) mass is 1500 g/mol. The van der Waals surface area contributed by atoms with E-state index in [0.29, 0.717) is 94.3 Å². The largest absolute Gasteiger partial charge is 0.244 e. The zero-order valence-electron chi connectivity index (χ0n) is 78.8. The van der Waals surface area contributed by atoms with Gasteiger partial charge >= 0.3 is 0 Å². The van der Waals surface area contributed by atoms with E-state index < -0.39 is 56.7 Å². The summed E-state index contributed by atoms with van der Waals surface area (Å²) in [7, 11) is 0. The Morgan fingerprint density at radius 2 is 0.456 bits per heavy atom. The van der Waals surface area contributed by atoms with Gasteiger partial charge in [0.1, 0.15) is 56.7 Å². The molecule has 0 aliphatic rings. The average Bonchev–Trinajstić information content (AvgIpc) is 0.836. The molecule has 0 aromatic rings. The van der Waals surface area contributed by atoms with Crippen LogP contribution in [0.25, 0.3) is 0 Å². The highest BCUT2D eigenvalue weighted by molar-refractivity contribution is 4.93. The maximum atomic E-state index is 14.3. The average molecular weight is 1500 g/mol. The van der Waals surface area contributed by atoms with Crippen molar-refractivity contribution in [1.29, 1.82) is 0 Å². The van der Waals surface area contributed by atoms with Crippen LogP contribution >= 0.6 is 0 Å². The maximum Gasteiger partial charge on any atom is 0.113 e. The molecule has 0 fully saturated rings. The second-order valence-electron chi connectivity index (χ2n) is 36.1. The van der Waals surface area contributed by atoms with Crippen molar-refractivity contribution >= 4 is 0 Å². The van der Waals surface area contributed by atoms with Crippen LogP contribution < -0.4 is 0 Å². The van der Waals surface area contributed by atoms with Crippen LogP contribution in [0.4, 0.5) is 43.9 Å². The first-order valence-corrected chi connectivity index (χ1v) is 43.2. The molecular weight excluding hydrogens is 1310 g/mol. The lowest BCUT2D eigenvalue weighted by Crippen LogP contribution is -2.39. The van der Waals surface area contributed by atoms with Gasteiger partial charge < -0.3 is 0 Å². The summed E-state index contributed by atoms with van der Waals surface area (Å²) in [6.07, 6.45) is 20.5. The first kappa shape index (κ1) is 123. The summed E-state index contributed by atoms with van der Waals surface area (Å²) < 4.78 is 136. The van der Waals surface area contributed by atoms with E-state index in [2.05, 4.69) is 125 Å². The van der Waals surface area contributed by atoms with E-state index in [0.717, 1.165) is 89.9 Å². The van der Waals surface area contributed by atoms with Crippen molar-refractivity contribution in [3.8, 4) is 0 Å². The molecule has 0 unspecified atom stereocenters. The molecule has 8 atom stereocenters. The molecule has 0 amide bonds. The number of halogens is 10. The molecule has 0 aromatic heterocycles. The van der Waals surface area contributed by atoms with Crippen LogP contribution in [0.1, 0.15) is 472 Å². The van der Waals surface area contributed by atoms with Crippen molar-refractivity contribution in [1.82, 2.24) is 0 Å². The third-order valence-electron chi connectivity index (χ3n) is 25.0. The van der Waals surface area contributed by atoms with Crippen molar-refractivity contribution in [2.75, 3.05) is 0 Å². The van der Waals surface area contributed by atoms with E-state index >= 15 is 0 Å². The lowest BCUT2D eigenvalue weighted by molar-refractivity contribution is 0.00460. The Hall–Kier alpha value is -0.700. The molecule has 0 aliphatic heterocycles. The van der Waals surface area contributed by atoms with Crippen LogP contribution in [0, 0.1) is 75.9 Å². The molecule has 0 aromatic carbocycles. The maximum absolute atomic E-state index is 14.3. The SMILES string of the molecule is CC(C)C(C)(F)C(C)C.CCC(C)(CC)[C@@](C)(F)CC.CCC(CC)[C@@](C)(F)CC.CCCC(C)(F)CCC.CCC[C@@](C)(F)CC.CCC[C@](C)(F)C(C(C)C)C(C)C.CCC[C@](C)(F)C(C)(CC)CC.CCC[C@](C)(F)C(CC)CC.CC[C@](C)(F)C(C(C)C)C(C)C.CC[C@](C)(F)C(C)C. The minimum absolute atomic E-state index is 0.123. The van der Waals surface area contributed by atoms with Crippen molar-refractivity contribution in [2.45, 2.75) is 529 Å². The zero-order valence-corrected chi connectivity index (χ0v) is 78.8. The van der Waals surface area contributed by atoms with Gasteiger partial charge in [-0.1, -0.05) is 307 Å². The number of hydrogen-bond donors (Lipinski definition) is 0. The third kappa shape index (κ3) is 55.4. The van der Waals surface area contributed by atoms with Gasteiger partial charge in [0.25, 0.3) is 0 Å². The normalized spacial score (nSPS) is 16.7. The summed E-state index contributed by atoms with van der Waals surface area (Å²) >= 11 is 0. The molecule has 0 radical (unpaired) electrons. The molecule has 10 heteroatoms. The van der Waals surface area contributed by atoms with Crippen molar-refractivity contribution in [2.24, 2.45) is 75.9 Å². The van der Waals surface area contributed by atoms with Crippen LogP contribution in [0.2, 0.25) is 0 Å². The van der Waals surface area contributed by atoms with Gasteiger partial charge in [0.2, 0.25) is 0 Å². The van der Waals surface area contributed by atoms with Crippen molar-refractivity contribution in [3.63, 3.8) is 0 Å². The van der Waals surface area contributed by atoms with Gasteiger partial charge in [0.15, 0.2) is 0 Å². The molecule has 0 spiro atoms. The fraction of sp³-hybridized carbons (Fsp3) is 1.00. The molecule has 0 N–H and O–H groups in total. The van der Waals surface area contributed by atoms with Gasteiger partial charge in [-0.15, -0.1) is 0 Å². The third-order valence-corrected chi connectivity index (χ3v) is 25.0. The molecular formula is C93H196F10. The first-order chi connectivity index (χ1) is 46.3. The van der Waals surface area contributed by atoms with Gasteiger partial charge in [-0.2, -0.15) is 0 Å². The molecule has 0 saturated carbocycles. The molecule has 638 valence electrons. The Labute approximate surface area is 645 Å². The summed E-state index contributed by atoms with van der Waals surface area (Å²) in [4.78, 5) is 0. The summed E-state index contributed by atoms with van der Waals surface area (Å²) in [5, 5.41) is 0. The van der Waals surface area contributed by atoms with E-state index in [1.165, 1.54) is 0 Å². The first-order valence-electron chi connectivity index (χ1n) is 43.2. The highest BCUT2D eigenvalue weighted by Gasteiger charge is 2.43. The fourth-order valence-electron chi connectivity index (χ4n) is 14.6. The Kier molecular flexibility index (Phi) is 72.9. The predicted molar refractivity (Wildman–Crippen MR) is 452 cm³/mol. The fourth-order valence-corrected chi connectivity index (χ4v) is 14.6. The highest BCUT2D eigenvalue weighted by atomic mass is 19.2. The summed E-state index contributed by atoms with van der Waals surface area (Å²) in [5.74, 6) is 2.99. The molecule has 0 saturated heterocycles. The van der Waals surface area contributed by atoms with E-state index in [4.69, 9.17) is 0 Å². The smallest absolute Gasteiger partial charge is 0.113 e. The Morgan fingerprint density at radius 3 is 0.602 bits per heavy atom. The second kappa shape index (κ2) is 61.0. The topological polar surface area (TPSA) is 0 Å². The standard InChI is InChI=1S/C12H25F.2C11H23F.2C10H21F.C9H19F.2C8H17F.2C7H15F/c1-7-8-12(6,13)11(9(2)3)10(4)5;1-7-11(6,12)10(8(2)3)9(4)5;1-6-9-11(5,12)10(4,7-2)8-3;1-6-9(4,7-2)10(5,11)8-3;1-5-8-10(4,11)9(6-2)7-3;1-5-8(6-2)9(4,10)7-3;1-6(2)8(5,9)7(3)4;1-4-6-8(3,9)7-5-2;1-5-7(4,8)6(2)3;1-4-6-7(3,8)5-2/h9-11H,7-8H2,1-6H3;8-10H,7H2,1-6H3;6-9H2,1-5H3;6-8H2,1-5H3;9H,5-8H2,1-4H3;8H,5-7H2,1-4H3;6-7H,1-5H3;4-7H2,1-3H3;6H,5H2,1-4H3;4-6H2,1-3H3/t12-;2*11-;2*10-;9-;;;2*7-/m000000..00/s1. The minimum atomic E-state index is -1.00. The summed E-state index contributed by atoms with van der Waals surface area (Å²) in [6, 6.07) is 0. The molecule has 0 bridgehead atoms. The van der Waals surface area contributed by atoms with Gasteiger partial charge in [-0.25, -0.2) is 43.9 Å². The lowest BCUT2D eigenvalue weighted by atomic mass is 9.70. The van der Waals surface area contributed by atoms with Crippen LogP contribution in [-0.4, -0.2) is 56.7 Å². The van der Waals surface area contributed by atoms with Crippen molar-refractivity contribution in [3.05, 3.63) is 0 Å². The number of hydrogen-bond acceptors (Lipinski definition) is 0. The minimum Gasteiger partial charge on any atom is -0.244 e. The number of rotatable bonds is 38. The van der Waals surface area contributed by atoms with E-state index in [-0.39, 0.29) is 52.3 Å². The Bertz CT molecular complexity index is 1770.